The Kier molecular flexibility index (Phi) is 10.3. The van der Waals surface area contributed by atoms with Crippen molar-refractivity contribution in [3.05, 3.63) is 25.3 Å². The largest absolute Gasteiger partial charge is 0.330 e. The molecule has 0 rings (SSSR count). The molecule has 18 heavy (non-hydrogen) atoms. The minimum absolute atomic E-state index is 0.417. The Morgan fingerprint density at radius 1 is 1.11 bits per heavy atom. The maximum atomic E-state index is 12.2. The molecule has 0 spiro atoms. The molecule has 0 amide bonds. The van der Waals surface area contributed by atoms with Crippen molar-refractivity contribution in [3.8, 4) is 0 Å². The van der Waals surface area contributed by atoms with E-state index < -0.39 is 7.60 Å². The maximum absolute atomic E-state index is 12.2. The Balaban J connectivity index is 4.13. The summed E-state index contributed by atoms with van der Waals surface area (Å²) >= 11 is 0. The average molecular weight is 275 g/mol. The first kappa shape index (κ1) is 17.6. The van der Waals surface area contributed by atoms with Gasteiger partial charge in [-0.1, -0.05) is 12.2 Å². The van der Waals surface area contributed by atoms with Gasteiger partial charge >= 0.3 is 7.60 Å². The van der Waals surface area contributed by atoms with Gasteiger partial charge in [0, 0.05) is 13.1 Å². The highest BCUT2D eigenvalue weighted by atomic mass is 31.2. The zero-order valence-electron chi connectivity index (χ0n) is 11.6. The fourth-order valence-corrected chi connectivity index (χ4v) is 3.32. The molecule has 0 aromatic heterocycles. The van der Waals surface area contributed by atoms with Crippen LogP contribution in [0.2, 0.25) is 0 Å². The normalized spacial score (nSPS) is 11.7. The van der Waals surface area contributed by atoms with Gasteiger partial charge in [-0.15, -0.1) is 13.2 Å². The van der Waals surface area contributed by atoms with Crippen molar-refractivity contribution >= 4 is 7.60 Å². The molecule has 4 nitrogen and oxygen atoms in total. The van der Waals surface area contributed by atoms with Crippen LogP contribution in [0.15, 0.2) is 25.3 Å². The lowest BCUT2D eigenvalue weighted by molar-refractivity contribution is 0.218. The molecule has 0 aliphatic carbocycles. The van der Waals surface area contributed by atoms with E-state index in [0.717, 1.165) is 26.1 Å². The third kappa shape index (κ3) is 7.83. The molecule has 0 aliphatic heterocycles. The summed E-state index contributed by atoms with van der Waals surface area (Å²) in [7, 11) is -2.89. The first-order valence-corrected chi connectivity index (χ1v) is 8.17. The van der Waals surface area contributed by atoms with Crippen LogP contribution in [-0.4, -0.2) is 43.9 Å². The second-order valence-electron chi connectivity index (χ2n) is 3.86. The fraction of sp³-hybridized carbons (Fsp3) is 0.692. The monoisotopic (exact) mass is 275 g/mol. The molecule has 0 saturated carbocycles. The zero-order chi connectivity index (χ0) is 13.9. The lowest BCUT2D eigenvalue weighted by Gasteiger charge is -2.21. The molecule has 106 valence electrons. The molecule has 0 N–H and O–H groups in total. The van der Waals surface area contributed by atoms with Gasteiger partial charge in [-0.25, -0.2) is 0 Å². The van der Waals surface area contributed by atoms with Crippen molar-refractivity contribution in [1.29, 1.82) is 0 Å². The van der Waals surface area contributed by atoms with Crippen molar-refractivity contribution < 1.29 is 13.6 Å². The smallest absolute Gasteiger partial charge is 0.309 e. The Morgan fingerprint density at radius 2 is 1.61 bits per heavy atom. The summed E-state index contributed by atoms with van der Waals surface area (Å²) in [6, 6.07) is 0. The van der Waals surface area contributed by atoms with Gasteiger partial charge in [-0.3, -0.25) is 9.46 Å². The van der Waals surface area contributed by atoms with E-state index in [-0.39, 0.29) is 0 Å². The molecule has 0 unspecified atom stereocenters. The van der Waals surface area contributed by atoms with Gasteiger partial charge in [-0.05, 0) is 26.8 Å². The SMILES string of the molecule is C=CCN(CC=C)CCCP(=O)(OCC)OCC. The summed E-state index contributed by atoms with van der Waals surface area (Å²) in [6.45, 7) is 14.4. The predicted molar refractivity (Wildman–Crippen MR) is 77.2 cm³/mol. The predicted octanol–water partition coefficient (Wildman–Crippen LogP) is 3.32. The molecular formula is C13H26NO3P. The second-order valence-corrected chi connectivity index (χ2v) is 6.05. The van der Waals surface area contributed by atoms with Crippen LogP contribution < -0.4 is 0 Å². The fourth-order valence-electron chi connectivity index (χ4n) is 1.67. The van der Waals surface area contributed by atoms with Crippen molar-refractivity contribution in [1.82, 2.24) is 4.90 Å². The minimum Gasteiger partial charge on any atom is -0.309 e. The molecule has 0 aliphatic rings. The van der Waals surface area contributed by atoms with Crippen molar-refractivity contribution in [3.63, 3.8) is 0 Å². The van der Waals surface area contributed by atoms with Crippen LogP contribution in [0.1, 0.15) is 20.3 Å². The van der Waals surface area contributed by atoms with E-state index in [2.05, 4.69) is 18.1 Å². The standard InChI is InChI=1S/C13H26NO3P/c1-5-10-14(11-6-2)12-9-13-18(15,16-7-3)17-8-4/h5-6H,1-2,7-13H2,3-4H3. The molecule has 0 radical (unpaired) electrons. The van der Waals surface area contributed by atoms with E-state index in [1.165, 1.54) is 0 Å². The third-order valence-electron chi connectivity index (χ3n) is 2.33. The van der Waals surface area contributed by atoms with Gasteiger partial charge in [0.2, 0.25) is 0 Å². The van der Waals surface area contributed by atoms with Crippen LogP contribution in [0.25, 0.3) is 0 Å². The molecule has 0 aromatic rings. The van der Waals surface area contributed by atoms with Gasteiger partial charge in [0.05, 0.1) is 19.4 Å². The lowest BCUT2D eigenvalue weighted by atomic mass is 10.4. The summed E-state index contributed by atoms with van der Waals surface area (Å²) in [5.74, 6) is 0. The summed E-state index contributed by atoms with van der Waals surface area (Å²) in [4.78, 5) is 2.18. The van der Waals surface area contributed by atoms with Crippen LogP contribution in [0.5, 0.6) is 0 Å². The highest BCUT2D eigenvalue weighted by molar-refractivity contribution is 7.53. The first-order valence-electron chi connectivity index (χ1n) is 6.44. The molecule has 0 atom stereocenters. The molecule has 0 bridgehead atoms. The lowest BCUT2D eigenvalue weighted by Crippen LogP contribution is -2.25. The number of nitrogens with zero attached hydrogens (tertiary/aromatic N) is 1. The molecule has 0 saturated heterocycles. The van der Waals surface area contributed by atoms with Gasteiger partial charge in [0.25, 0.3) is 0 Å². The Bertz CT molecular complexity index is 261. The minimum atomic E-state index is -2.89. The van der Waals surface area contributed by atoms with Gasteiger partial charge in [-0.2, -0.15) is 0 Å². The van der Waals surface area contributed by atoms with Crippen LogP contribution in [0.3, 0.4) is 0 Å². The van der Waals surface area contributed by atoms with Crippen LogP contribution in [0, 0.1) is 0 Å². The van der Waals surface area contributed by atoms with E-state index in [1.54, 1.807) is 0 Å². The molecule has 0 aromatic carbocycles. The van der Waals surface area contributed by atoms with Gasteiger partial charge < -0.3 is 9.05 Å². The topological polar surface area (TPSA) is 38.8 Å². The summed E-state index contributed by atoms with van der Waals surface area (Å²) in [5.41, 5.74) is 0. The van der Waals surface area contributed by atoms with E-state index in [4.69, 9.17) is 9.05 Å². The molecule has 0 heterocycles. The molecule has 5 heteroatoms. The van der Waals surface area contributed by atoms with E-state index in [0.29, 0.717) is 19.4 Å². The number of hydrogen-bond acceptors (Lipinski definition) is 4. The first-order chi connectivity index (χ1) is 8.61. The average Bonchev–Trinajstić information content (AvgIpc) is 2.30. The van der Waals surface area contributed by atoms with Gasteiger partial charge in [0.15, 0.2) is 0 Å². The highest BCUT2D eigenvalue weighted by Gasteiger charge is 2.22. The number of hydrogen-bond donors (Lipinski definition) is 0. The van der Waals surface area contributed by atoms with Crippen LogP contribution in [-0.2, 0) is 13.6 Å². The van der Waals surface area contributed by atoms with Gasteiger partial charge in [0.1, 0.15) is 0 Å². The summed E-state index contributed by atoms with van der Waals surface area (Å²) in [6.07, 6.45) is 4.95. The quantitative estimate of drug-likeness (QED) is 0.404. The van der Waals surface area contributed by atoms with Crippen molar-refractivity contribution in [2.24, 2.45) is 0 Å². The van der Waals surface area contributed by atoms with E-state index in [1.807, 2.05) is 26.0 Å². The summed E-state index contributed by atoms with van der Waals surface area (Å²) < 4.78 is 22.7. The molecular weight excluding hydrogens is 249 g/mol. The summed E-state index contributed by atoms with van der Waals surface area (Å²) in [5, 5.41) is 0. The van der Waals surface area contributed by atoms with Crippen LogP contribution >= 0.6 is 7.60 Å². The highest BCUT2D eigenvalue weighted by Crippen LogP contribution is 2.48. The Labute approximate surface area is 111 Å². The number of rotatable bonds is 12. The second kappa shape index (κ2) is 10.5. The van der Waals surface area contributed by atoms with E-state index in [9.17, 15) is 4.57 Å². The van der Waals surface area contributed by atoms with Crippen LogP contribution in [0.4, 0.5) is 0 Å². The third-order valence-corrected chi connectivity index (χ3v) is 4.50. The Morgan fingerprint density at radius 3 is 2.00 bits per heavy atom. The Hall–Kier alpha value is -0.410. The van der Waals surface area contributed by atoms with Crippen molar-refractivity contribution in [2.45, 2.75) is 20.3 Å². The molecule has 0 fully saturated rings. The van der Waals surface area contributed by atoms with E-state index >= 15 is 0 Å². The maximum Gasteiger partial charge on any atom is 0.330 e. The van der Waals surface area contributed by atoms with Crippen molar-refractivity contribution in [2.75, 3.05) is 39.0 Å². The zero-order valence-corrected chi connectivity index (χ0v) is 12.5.